The van der Waals surface area contributed by atoms with Gasteiger partial charge in [-0.2, -0.15) is 4.31 Å². The third-order valence-electron chi connectivity index (χ3n) is 6.17. The number of para-hydroxylation sites is 1. The Bertz CT molecular complexity index is 1000. The van der Waals surface area contributed by atoms with Gasteiger partial charge in [0.15, 0.2) is 0 Å². The van der Waals surface area contributed by atoms with E-state index in [9.17, 15) is 13.2 Å². The quantitative estimate of drug-likeness (QED) is 0.736. The van der Waals surface area contributed by atoms with Gasteiger partial charge in [-0.3, -0.25) is 9.69 Å². The summed E-state index contributed by atoms with van der Waals surface area (Å²) in [6.45, 7) is 2.21. The molecule has 160 valence electrons. The highest BCUT2D eigenvalue weighted by Crippen LogP contribution is 2.26. The van der Waals surface area contributed by atoms with Gasteiger partial charge in [0.2, 0.25) is 15.9 Å². The van der Waals surface area contributed by atoms with E-state index < -0.39 is 10.0 Å². The Morgan fingerprint density at radius 1 is 0.933 bits per heavy atom. The van der Waals surface area contributed by atoms with E-state index in [0.717, 1.165) is 24.9 Å². The number of carbonyl (C=O) groups is 1. The first kappa shape index (κ1) is 21.0. The van der Waals surface area contributed by atoms with Gasteiger partial charge in [-0.25, -0.2) is 8.42 Å². The molecule has 0 saturated carbocycles. The van der Waals surface area contributed by atoms with Crippen molar-refractivity contribution >= 4 is 21.6 Å². The Hall–Kier alpha value is -2.22. The van der Waals surface area contributed by atoms with Gasteiger partial charge in [0.1, 0.15) is 0 Å². The van der Waals surface area contributed by atoms with Gasteiger partial charge in [-0.1, -0.05) is 24.3 Å². The topological polar surface area (TPSA) is 60.9 Å². The molecule has 30 heavy (non-hydrogen) atoms. The molecule has 1 fully saturated rings. The van der Waals surface area contributed by atoms with E-state index in [1.54, 1.807) is 22.3 Å². The molecule has 0 atom stereocenters. The fourth-order valence-electron chi connectivity index (χ4n) is 4.24. The Morgan fingerprint density at radius 2 is 1.60 bits per heavy atom. The molecule has 0 unspecified atom stereocenters. The van der Waals surface area contributed by atoms with Crippen molar-refractivity contribution in [1.29, 1.82) is 0 Å². The van der Waals surface area contributed by atoms with E-state index in [0.29, 0.717) is 31.1 Å². The Morgan fingerprint density at radius 3 is 2.30 bits per heavy atom. The SMILES string of the molecule is CN(C(=O)CN1CCN(S(=O)(=O)c2ccc3c(c2)CCCC3)CC1)c1ccccc1. The Balaban J connectivity index is 1.36. The van der Waals surface area contributed by atoms with Gasteiger partial charge in [-0.15, -0.1) is 0 Å². The zero-order valence-electron chi connectivity index (χ0n) is 17.5. The first-order chi connectivity index (χ1) is 14.4. The molecule has 0 spiro atoms. The van der Waals surface area contributed by atoms with Crippen LogP contribution in [-0.4, -0.2) is 63.3 Å². The molecule has 7 heteroatoms. The molecule has 4 rings (SSSR count). The third kappa shape index (κ3) is 4.43. The second-order valence-corrected chi connectivity index (χ2v) is 10.0. The smallest absolute Gasteiger partial charge is 0.243 e. The Kier molecular flexibility index (Phi) is 6.22. The van der Waals surface area contributed by atoms with E-state index in [4.69, 9.17) is 0 Å². The van der Waals surface area contributed by atoms with E-state index in [-0.39, 0.29) is 12.5 Å². The van der Waals surface area contributed by atoms with Crippen molar-refractivity contribution in [1.82, 2.24) is 9.21 Å². The number of hydrogen-bond donors (Lipinski definition) is 0. The number of likely N-dealkylation sites (N-methyl/N-ethyl adjacent to an activating group) is 1. The van der Waals surface area contributed by atoms with Crippen molar-refractivity contribution in [3.63, 3.8) is 0 Å². The number of anilines is 1. The van der Waals surface area contributed by atoms with Crippen molar-refractivity contribution in [2.75, 3.05) is 44.7 Å². The molecule has 1 saturated heterocycles. The standard InChI is InChI=1S/C23H29N3O3S/c1-24(21-9-3-2-4-10-21)23(27)18-25-13-15-26(16-14-25)30(28,29)22-12-11-19-7-5-6-8-20(19)17-22/h2-4,9-12,17H,5-8,13-16,18H2,1H3. The molecule has 0 aromatic heterocycles. The summed E-state index contributed by atoms with van der Waals surface area (Å²) in [5.41, 5.74) is 3.32. The molecular weight excluding hydrogens is 398 g/mol. The molecule has 6 nitrogen and oxygen atoms in total. The summed E-state index contributed by atoms with van der Waals surface area (Å²) in [7, 11) is -1.72. The van der Waals surface area contributed by atoms with Crippen LogP contribution in [0, 0.1) is 0 Å². The number of amides is 1. The zero-order chi connectivity index (χ0) is 21.1. The predicted octanol–water partition coefficient (Wildman–Crippen LogP) is 2.53. The van der Waals surface area contributed by atoms with Crippen LogP contribution in [0.2, 0.25) is 0 Å². The number of aryl methyl sites for hydroxylation is 2. The summed E-state index contributed by atoms with van der Waals surface area (Å²) in [6, 6.07) is 15.1. The first-order valence-electron chi connectivity index (χ1n) is 10.6. The molecule has 1 aliphatic heterocycles. The maximum absolute atomic E-state index is 13.1. The van der Waals surface area contributed by atoms with E-state index in [1.807, 2.05) is 47.4 Å². The highest BCUT2D eigenvalue weighted by atomic mass is 32.2. The van der Waals surface area contributed by atoms with Crippen LogP contribution in [-0.2, 0) is 27.7 Å². The minimum Gasteiger partial charge on any atom is -0.314 e. The minimum atomic E-state index is -3.50. The number of sulfonamides is 1. The lowest BCUT2D eigenvalue weighted by Crippen LogP contribution is -2.51. The van der Waals surface area contributed by atoms with Gasteiger partial charge in [-0.05, 0) is 61.1 Å². The van der Waals surface area contributed by atoms with Crippen LogP contribution in [0.5, 0.6) is 0 Å². The minimum absolute atomic E-state index is 0.00666. The lowest BCUT2D eigenvalue weighted by Gasteiger charge is -2.34. The van der Waals surface area contributed by atoms with Crippen LogP contribution < -0.4 is 4.90 Å². The van der Waals surface area contributed by atoms with Crippen molar-refractivity contribution in [2.45, 2.75) is 30.6 Å². The number of rotatable bonds is 5. The van der Waals surface area contributed by atoms with Crippen LogP contribution in [0.1, 0.15) is 24.0 Å². The summed E-state index contributed by atoms with van der Waals surface area (Å²) < 4.78 is 27.8. The Labute approximate surface area is 179 Å². The van der Waals surface area contributed by atoms with Gasteiger partial charge >= 0.3 is 0 Å². The maximum Gasteiger partial charge on any atom is 0.243 e. The lowest BCUT2D eigenvalue weighted by atomic mass is 9.92. The predicted molar refractivity (Wildman–Crippen MR) is 118 cm³/mol. The summed E-state index contributed by atoms with van der Waals surface area (Å²) in [5, 5.41) is 0. The van der Waals surface area contributed by atoms with Crippen LogP contribution in [0.4, 0.5) is 5.69 Å². The van der Waals surface area contributed by atoms with Crippen LogP contribution >= 0.6 is 0 Å². The highest BCUT2D eigenvalue weighted by molar-refractivity contribution is 7.89. The fourth-order valence-corrected chi connectivity index (χ4v) is 5.71. The van der Waals surface area contributed by atoms with Gasteiger partial charge < -0.3 is 4.90 Å². The summed E-state index contributed by atoms with van der Waals surface area (Å²) in [4.78, 5) is 16.7. The number of nitrogens with zero attached hydrogens (tertiary/aromatic N) is 3. The van der Waals surface area contributed by atoms with Crippen LogP contribution in [0.3, 0.4) is 0 Å². The monoisotopic (exact) mass is 427 g/mol. The number of benzene rings is 2. The molecular formula is C23H29N3O3S. The van der Waals surface area contributed by atoms with E-state index in [2.05, 4.69) is 0 Å². The molecule has 0 N–H and O–H groups in total. The number of fused-ring (bicyclic) bond motifs is 1. The molecule has 0 bridgehead atoms. The van der Waals surface area contributed by atoms with Crippen molar-refractivity contribution in [3.05, 3.63) is 59.7 Å². The molecule has 2 aliphatic rings. The molecule has 2 aromatic carbocycles. The fraction of sp³-hybridized carbons (Fsp3) is 0.435. The maximum atomic E-state index is 13.1. The van der Waals surface area contributed by atoms with Gasteiger partial charge in [0, 0.05) is 38.9 Å². The van der Waals surface area contributed by atoms with Crippen molar-refractivity contribution in [2.24, 2.45) is 0 Å². The van der Waals surface area contributed by atoms with Crippen molar-refractivity contribution < 1.29 is 13.2 Å². The average Bonchev–Trinajstić information content (AvgIpc) is 2.79. The number of piperazine rings is 1. The molecule has 1 amide bonds. The third-order valence-corrected chi connectivity index (χ3v) is 8.06. The number of hydrogen-bond acceptors (Lipinski definition) is 4. The second-order valence-electron chi connectivity index (χ2n) is 8.11. The largest absolute Gasteiger partial charge is 0.314 e. The molecule has 1 heterocycles. The summed E-state index contributed by atoms with van der Waals surface area (Å²) >= 11 is 0. The van der Waals surface area contributed by atoms with Crippen LogP contribution in [0.25, 0.3) is 0 Å². The lowest BCUT2D eigenvalue weighted by molar-refractivity contribution is -0.119. The first-order valence-corrected chi connectivity index (χ1v) is 12.0. The van der Waals surface area contributed by atoms with Crippen LogP contribution in [0.15, 0.2) is 53.4 Å². The van der Waals surface area contributed by atoms with Crippen molar-refractivity contribution in [3.8, 4) is 0 Å². The van der Waals surface area contributed by atoms with Gasteiger partial charge in [0.05, 0.1) is 11.4 Å². The molecule has 1 aliphatic carbocycles. The summed E-state index contributed by atoms with van der Waals surface area (Å²) in [5.74, 6) is 0.00666. The van der Waals surface area contributed by atoms with E-state index in [1.165, 1.54) is 17.5 Å². The molecule has 0 radical (unpaired) electrons. The normalized spacial score (nSPS) is 18.0. The zero-order valence-corrected chi connectivity index (χ0v) is 18.3. The number of carbonyl (C=O) groups excluding carboxylic acids is 1. The van der Waals surface area contributed by atoms with Gasteiger partial charge in [0.25, 0.3) is 0 Å². The summed E-state index contributed by atoms with van der Waals surface area (Å²) in [6.07, 6.45) is 4.31. The van der Waals surface area contributed by atoms with E-state index >= 15 is 0 Å². The second kappa shape index (κ2) is 8.88. The molecule has 2 aromatic rings. The average molecular weight is 428 g/mol. The highest BCUT2D eigenvalue weighted by Gasteiger charge is 2.30.